The number of benzene rings is 4. The first-order chi connectivity index (χ1) is 18.9. The summed E-state index contributed by atoms with van der Waals surface area (Å²) in [5, 5.41) is 4.49. The lowest BCUT2D eigenvalue weighted by Crippen LogP contribution is -2.16. The summed E-state index contributed by atoms with van der Waals surface area (Å²) >= 11 is 7.49. The van der Waals surface area contributed by atoms with Gasteiger partial charge in [-0.2, -0.15) is 0 Å². The summed E-state index contributed by atoms with van der Waals surface area (Å²) < 4.78 is 0. The molecule has 4 aromatic rings. The first kappa shape index (κ1) is 28.0. The highest BCUT2D eigenvalue weighted by atomic mass is 35.5. The van der Waals surface area contributed by atoms with Crippen LogP contribution in [0.2, 0.25) is 5.02 Å². The Morgan fingerprint density at radius 1 is 0.744 bits per heavy atom. The highest BCUT2D eigenvalue weighted by Crippen LogP contribution is 2.22. The SMILES string of the molecule is CC(=O)O/N=C(\CCSc1ccc(Cl)cc1)C(=O)c1ccc(Cc2ccc(C(=O)c3ccccc3)cc2)cc1. The van der Waals surface area contributed by atoms with E-state index >= 15 is 0 Å². The smallest absolute Gasteiger partial charge is 0.318 e. The van der Waals surface area contributed by atoms with Crippen LogP contribution in [0.4, 0.5) is 0 Å². The van der Waals surface area contributed by atoms with E-state index in [0.29, 0.717) is 40.3 Å². The van der Waals surface area contributed by atoms with Crippen LogP contribution in [0.5, 0.6) is 0 Å². The van der Waals surface area contributed by atoms with E-state index in [1.807, 2.05) is 78.9 Å². The number of oxime groups is 1. The van der Waals surface area contributed by atoms with Gasteiger partial charge < -0.3 is 4.84 Å². The normalized spacial score (nSPS) is 11.2. The predicted octanol–water partition coefficient (Wildman–Crippen LogP) is 7.45. The van der Waals surface area contributed by atoms with Crippen LogP contribution in [0.25, 0.3) is 0 Å². The van der Waals surface area contributed by atoms with E-state index in [1.54, 1.807) is 36.0 Å². The monoisotopic (exact) mass is 555 g/mol. The van der Waals surface area contributed by atoms with Crippen LogP contribution in [0, 0.1) is 0 Å². The van der Waals surface area contributed by atoms with Gasteiger partial charge in [0.05, 0.1) is 0 Å². The molecule has 0 bridgehead atoms. The Morgan fingerprint density at radius 3 is 1.90 bits per heavy atom. The van der Waals surface area contributed by atoms with Crippen molar-refractivity contribution in [1.29, 1.82) is 0 Å². The molecule has 0 aromatic heterocycles. The van der Waals surface area contributed by atoms with Gasteiger partial charge >= 0.3 is 5.97 Å². The minimum atomic E-state index is -0.586. The summed E-state index contributed by atoms with van der Waals surface area (Å²) in [5.74, 6) is -0.308. The lowest BCUT2D eigenvalue weighted by Gasteiger charge is -2.08. The summed E-state index contributed by atoms with van der Waals surface area (Å²) in [6, 6.07) is 31.5. The van der Waals surface area contributed by atoms with Crippen LogP contribution in [0.15, 0.2) is 113 Å². The molecule has 0 spiro atoms. The molecular formula is C32H26ClNO4S. The van der Waals surface area contributed by atoms with Crippen LogP contribution >= 0.6 is 23.4 Å². The zero-order chi connectivity index (χ0) is 27.6. The second-order valence-corrected chi connectivity index (χ2v) is 10.4. The number of Topliss-reactive ketones (excluding diaryl/α,β-unsaturated/α-hetero) is 1. The maximum atomic E-state index is 13.2. The summed E-state index contributed by atoms with van der Waals surface area (Å²) in [7, 11) is 0. The Bertz CT molecular complexity index is 1470. The van der Waals surface area contributed by atoms with Gasteiger partial charge in [-0.25, -0.2) is 4.79 Å². The molecule has 0 radical (unpaired) electrons. The molecule has 0 atom stereocenters. The molecule has 196 valence electrons. The number of ketones is 2. The molecule has 5 nitrogen and oxygen atoms in total. The minimum Gasteiger partial charge on any atom is -0.318 e. The summed E-state index contributed by atoms with van der Waals surface area (Å²) in [5.41, 5.74) is 4.01. The fourth-order valence-corrected chi connectivity index (χ4v) is 4.81. The lowest BCUT2D eigenvalue weighted by atomic mass is 9.98. The number of carbonyl (C=O) groups excluding carboxylic acids is 3. The molecule has 0 aliphatic heterocycles. The Hall–Kier alpha value is -4.00. The molecular weight excluding hydrogens is 530 g/mol. The van der Waals surface area contributed by atoms with E-state index < -0.39 is 5.97 Å². The highest BCUT2D eigenvalue weighted by molar-refractivity contribution is 7.99. The third-order valence-electron chi connectivity index (χ3n) is 5.84. The Balaban J connectivity index is 1.39. The van der Waals surface area contributed by atoms with Crippen molar-refractivity contribution < 1.29 is 19.2 Å². The quantitative estimate of drug-likeness (QED) is 0.0632. The van der Waals surface area contributed by atoms with Crippen molar-refractivity contribution >= 4 is 46.6 Å². The zero-order valence-corrected chi connectivity index (χ0v) is 22.9. The molecule has 0 saturated heterocycles. The van der Waals surface area contributed by atoms with Crippen LogP contribution in [-0.4, -0.2) is 29.0 Å². The molecule has 39 heavy (non-hydrogen) atoms. The van der Waals surface area contributed by atoms with Crippen molar-refractivity contribution in [3.05, 3.63) is 136 Å². The molecule has 0 aliphatic rings. The van der Waals surface area contributed by atoms with Crippen LogP contribution in [0.3, 0.4) is 0 Å². The Kier molecular flexibility index (Phi) is 9.84. The van der Waals surface area contributed by atoms with Crippen molar-refractivity contribution in [3.63, 3.8) is 0 Å². The fraction of sp³-hybridized carbons (Fsp3) is 0.125. The Morgan fingerprint density at radius 2 is 1.31 bits per heavy atom. The number of halogens is 1. The summed E-state index contributed by atoms with van der Waals surface area (Å²) in [4.78, 5) is 42.9. The summed E-state index contributed by atoms with van der Waals surface area (Å²) in [6.45, 7) is 1.24. The second-order valence-electron chi connectivity index (χ2n) is 8.77. The van der Waals surface area contributed by atoms with Crippen LogP contribution in [0.1, 0.15) is 50.8 Å². The van der Waals surface area contributed by atoms with E-state index in [0.717, 1.165) is 16.0 Å². The van der Waals surface area contributed by atoms with E-state index in [1.165, 1.54) is 6.92 Å². The molecule has 0 heterocycles. The number of rotatable bonds is 11. The second kappa shape index (κ2) is 13.7. The lowest BCUT2D eigenvalue weighted by molar-refractivity contribution is -0.140. The fourth-order valence-electron chi connectivity index (χ4n) is 3.82. The molecule has 0 saturated carbocycles. The van der Waals surface area contributed by atoms with Crippen molar-refractivity contribution in [3.8, 4) is 0 Å². The van der Waals surface area contributed by atoms with Gasteiger partial charge in [0.1, 0.15) is 5.71 Å². The van der Waals surface area contributed by atoms with E-state index in [2.05, 4.69) is 5.16 Å². The predicted molar refractivity (Wildman–Crippen MR) is 156 cm³/mol. The van der Waals surface area contributed by atoms with Gasteiger partial charge in [0.25, 0.3) is 0 Å². The number of nitrogens with zero attached hydrogens (tertiary/aromatic N) is 1. The highest BCUT2D eigenvalue weighted by Gasteiger charge is 2.16. The van der Waals surface area contributed by atoms with Crippen molar-refractivity contribution in [1.82, 2.24) is 0 Å². The summed E-state index contributed by atoms with van der Waals surface area (Å²) in [6.07, 6.45) is 0.982. The van der Waals surface area contributed by atoms with Gasteiger partial charge in [0.15, 0.2) is 5.78 Å². The molecule has 0 unspecified atom stereocenters. The third kappa shape index (κ3) is 8.24. The number of hydrogen-bond donors (Lipinski definition) is 0. The molecule has 0 amide bonds. The average molecular weight is 556 g/mol. The topological polar surface area (TPSA) is 72.8 Å². The van der Waals surface area contributed by atoms with Crippen molar-refractivity contribution in [2.24, 2.45) is 5.16 Å². The van der Waals surface area contributed by atoms with Crippen molar-refractivity contribution in [2.75, 3.05) is 5.75 Å². The maximum absolute atomic E-state index is 13.2. The van der Waals surface area contributed by atoms with E-state index in [9.17, 15) is 14.4 Å². The van der Waals surface area contributed by atoms with Gasteiger partial charge in [0.2, 0.25) is 5.78 Å². The van der Waals surface area contributed by atoms with Gasteiger partial charge in [-0.05, 0) is 41.8 Å². The van der Waals surface area contributed by atoms with Crippen LogP contribution < -0.4 is 0 Å². The van der Waals surface area contributed by atoms with Gasteiger partial charge in [0, 0.05) is 45.7 Å². The minimum absolute atomic E-state index is 0.0113. The Labute approximate surface area is 236 Å². The number of carbonyl (C=O) groups is 3. The van der Waals surface area contributed by atoms with E-state index in [-0.39, 0.29) is 17.3 Å². The standard InChI is InChI=1S/C32H26ClNO4S/c1-22(35)38-34-30(19-20-39-29-17-15-28(33)16-18-29)32(37)27-13-9-24(10-14-27)21-23-7-11-26(12-8-23)31(36)25-5-3-2-4-6-25/h2-18H,19-21H2,1H3/b34-30+. The molecule has 0 fully saturated rings. The van der Waals surface area contributed by atoms with Crippen molar-refractivity contribution in [2.45, 2.75) is 24.7 Å². The number of thioether (sulfide) groups is 1. The first-order valence-corrected chi connectivity index (χ1v) is 13.7. The molecule has 0 aliphatic carbocycles. The molecule has 4 aromatic carbocycles. The zero-order valence-electron chi connectivity index (χ0n) is 21.3. The van der Waals surface area contributed by atoms with Gasteiger partial charge in [-0.15, -0.1) is 11.8 Å². The maximum Gasteiger partial charge on any atom is 0.331 e. The van der Waals surface area contributed by atoms with Gasteiger partial charge in [-0.1, -0.05) is 95.6 Å². The third-order valence-corrected chi connectivity index (χ3v) is 7.11. The first-order valence-electron chi connectivity index (χ1n) is 12.3. The molecule has 7 heteroatoms. The number of hydrogen-bond acceptors (Lipinski definition) is 6. The average Bonchev–Trinajstić information content (AvgIpc) is 2.96. The molecule has 0 N–H and O–H groups in total. The molecule has 4 rings (SSSR count). The van der Waals surface area contributed by atoms with Gasteiger partial charge in [-0.3, -0.25) is 9.59 Å². The largest absolute Gasteiger partial charge is 0.331 e. The van der Waals surface area contributed by atoms with E-state index in [4.69, 9.17) is 16.4 Å². The van der Waals surface area contributed by atoms with Crippen LogP contribution in [-0.2, 0) is 16.1 Å².